The minimum absolute atomic E-state index is 0.636. The second kappa shape index (κ2) is 4.55. The van der Waals surface area contributed by atoms with E-state index in [9.17, 15) is 0 Å². The van der Waals surface area contributed by atoms with Crippen LogP contribution in [0.1, 0.15) is 32.6 Å². The van der Waals surface area contributed by atoms with Crippen LogP contribution in [-0.4, -0.2) is 17.6 Å². The van der Waals surface area contributed by atoms with Gasteiger partial charge in [-0.25, -0.2) is 4.98 Å². The van der Waals surface area contributed by atoms with Crippen LogP contribution in [0.5, 0.6) is 5.88 Å². The fourth-order valence-corrected chi connectivity index (χ4v) is 3.37. The SMILES string of the molecule is CCOc1ncccc1NC1CC2CCC1C2. The summed E-state index contributed by atoms with van der Waals surface area (Å²) in [5.74, 6) is 2.58. The summed E-state index contributed by atoms with van der Waals surface area (Å²) in [5.41, 5.74) is 1.06. The maximum absolute atomic E-state index is 5.55. The van der Waals surface area contributed by atoms with Gasteiger partial charge in [0.05, 0.1) is 12.3 Å². The van der Waals surface area contributed by atoms with Gasteiger partial charge < -0.3 is 10.1 Å². The number of hydrogen-bond donors (Lipinski definition) is 1. The van der Waals surface area contributed by atoms with Crippen LogP contribution in [0.15, 0.2) is 18.3 Å². The predicted octanol–water partition coefficient (Wildman–Crippen LogP) is 3.08. The third-order valence-electron chi connectivity index (χ3n) is 4.13. The van der Waals surface area contributed by atoms with E-state index in [0.717, 1.165) is 23.4 Å². The summed E-state index contributed by atoms with van der Waals surface area (Å²) in [4.78, 5) is 4.29. The van der Waals surface area contributed by atoms with E-state index in [1.54, 1.807) is 6.20 Å². The summed E-state index contributed by atoms with van der Waals surface area (Å²) in [6.07, 6.45) is 7.37. The highest BCUT2D eigenvalue weighted by Gasteiger charge is 2.39. The Labute approximate surface area is 103 Å². The highest BCUT2D eigenvalue weighted by atomic mass is 16.5. The van der Waals surface area contributed by atoms with Crippen LogP contribution in [-0.2, 0) is 0 Å². The molecule has 0 aromatic carbocycles. The fourth-order valence-electron chi connectivity index (χ4n) is 3.37. The molecule has 1 N–H and O–H groups in total. The van der Waals surface area contributed by atoms with Crippen LogP contribution in [0.25, 0.3) is 0 Å². The lowest BCUT2D eigenvalue weighted by Crippen LogP contribution is -2.26. The molecule has 3 rings (SSSR count). The highest BCUT2D eigenvalue weighted by Crippen LogP contribution is 2.45. The van der Waals surface area contributed by atoms with E-state index >= 15 is 0 Å². The van der Waals surface area contributed by atoms with Crippen LogP contribution in [0.3, 0.4) is 0 Å². The lowest BCUT2D eigenvalue weighted by atomic mass is 9.95. The summed E-state index contributed by atoms with van der Waals surface area (Å²) < 4.78 is 5.55. The molecule has 3 atom stereocenters. The second-order valence-electron chi connectivity index (χ2n) is 5.21. The van der Waals surface area contributed by atoms with Crippen molar-refractivity contribution in [2.24, 2.45) is 11.8 Å². The van der Waals surface area contributed by atoms with Crippen LogP contribution in [0.4, 0.5) is 5.69 Å². The number of aromatic nitrogens is 1. The van der Waals surface area contributed by atoms with Crippen LogP contribution in [0.2, 0.25) is 0 Å². The Balaban J connectivity index is 1.72. The summed E-state index contributed by atoms with van der Waals surface area (Å²) in [7, 11) is 0. The Morgan fingerprint density at radius 3 is 3.06 bits per heavy atom. The van der Waals surface area contributed by atoms with E-state index in [1.807, 2.05) is 13.0 Å². The van der Waals surface area contributed by atoms with E-state index in [1.165, 1.54) is 25.7 Å². The molecule has 2 aliphatic carbocycles. The molecule has 3 unspecified atom stereocenters. The van der Waals surface area contributed by atoms with Crippen LogP contribution < -0.4 is 10.1 Å². The monoisotopic (exact) mass is 232 g/mol. The van der Waals surface area contributed by atoms with E-state index in [-0.39, 0.29) is 0 Å². The lowest BCUT2D eigenvalue weighted by Gasteiger charge is -2.24. The number of anilines is 1. The first kappa shape index (κ1) is 10.9. The number of pyridine rings is 1. The number of ether oxygens (including phenoxy) is 1. The summed E-state index contributed by atoms with van der Waals surface area (Å²) in [5, 5.41) is 3.64. The molecule has 2 fully saturated rings. The van der Waals surface area contributed by atoms with Crippen molar-refractivity contribution in [2.75, 3.05) is 11.9 Å². The Morgan fingerprint density at radius 1 is 1.41 bits per heavy atom. The average Bonchev–Trinajstić information content (AvgIpc) is 2.94. The third-order valence-corrected chi connectivity index (χ3v) is 4.13. The number of rotatable bonds is 4. The van der Waals surface area contributed by atoms with Crippen molar-refractivity contribution in [3.63, 3.8) is 0 Å². The van der Waals surface area contributed by atoms with E-state index < -0.39 is 0 Å². The van der Waals surface area contributed by atoms with Gasteiger partial charge in [0, 0.05) is 12.2 Å². The van der Waals surface area contributed by atoms with Gasteiger partial charge in [-0.05, 0) is 50.2 Å². The number of fused-ring (bicyclic) bond motifs is 2. The predicted molar refractivity (Wildman–Crippen MR) is 68.3 cm³/mol. The first-order valence-electron chi connectivity index (χ1n) is 6.71. The fraction of sp³-hybridized carbons (Fsp3) is 0.643. The van der Waals surface area contributed by atoms with E-state index in [0.29, 0.717) is 12.6 Å². The largest absolute Gasteiger partial charge is 0.476 e. The Kier molecular flexibility index (Phi) is 2.91. The number of hydrogen-bond acceptors (Lipinski definition) is 3. The summed E-state index contributed by atoms with van der Waals surface area (Å²) >= 11 is 0. The zero-order chi connectivity index (χ0) is 11.7. The molecule has 2 aliphatic rings. The number of nitrogens with one attached hydrogen (secondary N) is 1. The van der Waals surface area contributed by atoms with Gasteiger partial charge in [0.15, 0.2) is 0 Å². The zero-order valence-electron chi connectivity index (χ0n) is 10.4. The molecule has 0 radical (unpaired) electrons. The van der Waals surface area contributed by atoms with Crippen molar-refractivity contribution < 1.29 is 4.74 Å². The maximum atomic E-state index is 5.55. The molecule has 0 amide bonds. The summed E-state index contributed by atoms with van der Waals surface area (Å²) in [6.45, 7) is 2.67. The molecule has 17 heavy (non-hydrogen) atoms. The van der Waals surface area contributed by atoms with Crippen molar-refractivity contribution in [2.45, 2.75) is 38.6 Å². The molecule has 1 aromatic heterocycles. The molecule has 3 heteroatoms. The van der Waals surface area contributed by atoms with E-state index in [4.69, 9.17) is 4.74 Å². The molecular formula is C14H20N2O. The van der Waals surface area contributed by atoms with Crippen molar-refractivity contribution in [3.8, 4) is 5.88 Å². The minimum Gasteiger partial charge on any atom is -0.476 e. The Hall–Kier alpha value is -1.25. The van der Waals surface area contributed by atoms with Gasteiger partial charge in [-0.15, -0.1) is 0 Å². The van der Waals surface area contributed by atoms with Gasteiger partial charge in [0.1, 0.15) is 0 Å². The van der Waals surface area contributed by atoms with Crippen LogP contribution in [0, 0.1) is 11.8 Å². The molecule has 0 saturated heterocycles. The van der Waals surface area contributed by atoms with Crippen molar-refractivity contribution in [1.29, 1.82) is 0 Å². The lowest BCUT2D eigenvalue weighted by molar-refractivity contribution is 0.327. The Bertz CT molecular complexity index is 394. The van der Waals surface area contributed by atoms with Gasteiger partial charge in [0.2, 0.25) is 5.88 Å². The average molecular weight is 232 g/mol. The molecule has 0 aliphatic heterocycles. The van der Waals surface area contributed by atoms with Crippen LogP contribution >= 0.6 is 0 Å². The normalized spacial score (nSPS) is 30.5. The smallest absolute Gasteiger partial charge is 0.237 e. The third kappa shape index (κ3) is 2.11. The van der Waals surface area contributed by atoms with Gasteiger partial charge in [-0.3, -0.25) is 0 Å². The zero-order valence-corrected chi connectivity index (χ0v) is 10.4. The number of nitrogens with zero attached hydrogens (tertiary/aromatic N) is 1. The topological polar surface area (TPSA) is 34.1 Å². The summed E-state index contributed by atoms with van der Waals surface area (Å²) in [6, 6.07) is 4.68. The Morgan fingerprint density at radius 2 is 2.35 bits per heavy atom. The van der Waals surface area contributed by atoms with Gasteiger partial charge in [-0.2, -0.15) is 0 Å². The molecule has 0 spiro atoms. The standard InChI is InChI=1S/C14H20N2O/c1-2-17-14-12(4-3-7-15-14)16-13-9-10-5-6-11(13)8-10/h3-4,7,10-11,13,16H,2,5-6,8-9H2,1H3. The molecule has 1 aromatic rings. The first-order chi connectivity index (χ1) is 8.36. The van der Waals surface area contributed by atoms with Crippen molar-refractivity contribution in [1.82, 2.24) is 4.98 Å². The quantitative estimate of drug-likeness (QED) is 0.866. The van der Waals surface area contributed by atoms with Gasteiger partial charge >= 0.3 is 0 Å². The maximum Gasteiger partial charge on any atom is 0.237 e. The van der Waals surface area contributed by atoms with Crippen molar-refractivity contribution in [3.05, 3.63) is 18.3 Å². The molecule has 92 valence electrons. The molecule has 2 bridgehead atoms. The van der Waals surface area contributed by atoms with Crippen molar-refractivity contribution >= 4 is 5.69 Å². The van der Waals surface area contributed by atoms with Gasteiger partial charge in [0.25, 0.3) is 0 Å². The minimum atomic E-state index is 0.636. The molecule has 1 heterocycles. The molecular weight excluding hydrogens is 212 g/mol. The van der Waals surface area contributed by atoms with E-state index in [2.05, 4.69) is 16.4 Å². The first-order valence-corrected chi connectivity index (χ1v) is 6.71. The second-order valence-corrected chi connectivity index (χ2v) is 5.21. The molecule has 2 saturated carbocycles. The highest BCUT2D eigenvalue weighted by molar-refractivity contribution is 5.53. The van der Waals surface area contributed by atoms with Gasteiger partial charge in [-0.1, -0.05) is 6.42 Å². The molecule has 3 nitrogen and oxygen atoms in total.